The summed E-state index contributed by atoms with van der Waals surface area (Å²) in [5.74, 6) is -0.0752. The Hall–Kier alpha value is -3.52. The monoisotopic (exact) mass is 447 g/mol. The molecule has 0 bridgehead atoms. The Bertz CT molecular complexity index is 1230. The van der Waals surface area contributed by atoms with E-state index in [0.29, 0.717) is 35.5 Å². The van der Waals surface area contributed by atoms with Crippen LogP contribution in [0.15, 0.2) is 42.5 Å². The fraction of sp³-hybridized carbons (Fsp3) is 0.250. The normalized spacial score (nSPS) is 15.1. The Balaban J connectivity index is 1.35. The molecule has 7 nitrogen and oxygen atoms in total. The van der Waals surface area contributed by atoms with Crippen LogP contribution < -0.4 is 9.64 Å². The van der Waals surface area contributed by atoms with Crippen LogP contribution in [0.25, 0.3) is 11.3 Å². The first-order valence-electron chi connectivity index (χ1n) is 10.4. The maximum atomic E-state index is 12.7. The van der Waals surface area contributed by atoms with E-state index in [0.717, 1.165) is 21.1 Å². The molecule has 0 radical (unpaired) electrons. The molecule has 8 heteroatoms. The van der Waals surface area contributed by atoms with Crippen molar-refractivity contribution in [1.29, 1.82) is 0 Å². The molecule has 0 N–H and O–H groups in total. The minimum Gasteiger partial charge on any atom is -0.482 e. The standard InChI is InChI=1S/C24H21N3O4S/c1-14-22(25-15(2)32-14)16-8-9-20-19(12-16)26(21(28)13-31-20)10-5-11-27-23(29)17-6-3-4-7-18(17)24(27)30/h3-4,6-9,12H,5,10-11,13H2,1-2H3. The Kier molecular flexibility index (Phi) is 5.01. The summed E-state index contributed by atoms with van der Waals surface area (Å²) in [6.07, 6.45) is 0.468. The zero-order valence-corrected chi connectivity index (χ0v) is 18.6. The van der Waals surface area contributed by atoms with Gasteiger partial charge in [-0.25, -0.2) is 4.98 Å². The molecule has 3 amide bonds. The van der Waals surface area contributed by atoms with Crippen molar-refractivity contribution < 1.29 is 19.1 Å². The van der Waals surface area contributed by atoms with Gasteiger partial charge in [-0.15, -0.1) is 11.3 Å². The molecule has 2 aromatic carbocycles. The number of hydrogen-bond acceptors (Lipinski definition) is 6. The first kappa shape index (κ1) is 20.4. The van der Waals surface area contributed by atoms with Crippen LogP contribution in [0.2, 0.25) is 0 Å². The van der Waals surface area contributed by atoms with E-state index in [1.165, 1.54) is 4.90 Å². The van der Waals surface area contributed by atoms with Crippen LogP contribution in [0.3, 0.4) is 0 Å². The first-order chi connectivity index (χ1) is 15.4. The summed E-state index contributed by atoms with van der Waals surface area (Å²) in [5, 5.41) is 0.986. The SMILES string of the molecule is Cc1nc(-c2ccc3c(c2)N(CCCN2C(=O)c4ccccc4C2=O)C(=O)CO3)c(C)s1. The molecular formula is C24H21N3O4S. The lowest BCUT2D eigenvalue weighted by Gasteiger charge is -2.30. The van der Waals surface area contributed by atoms with Gasteiger partial charge >= 0.3 is 0 Å². The third-order valence-corrected chi connectivity index (χ3v) is 6.61. The summed E-state index contributed by atoms with van der Waals surface area (Å²) in [4.78, 5) is 46.5. The number of rotatable bonds is 5. The fourth-order valence-electron chi connectivity index (χ4n) is 4.22. The van der Waals surface area contributed by atoms with E-state index in [2.05, 4.69) is 4.98 Å². The number of aryl methyl sites for hydroxylation is 2. The molecule has 162 valence electrons. The zero-order chi connectivity index (χ0) is 22.4. The van der Waals surface area contributed by atoms with Gasteiger partial charge in [0.1, 0.15) is 5.75 Å². The van der Waals surface area contributed by atoms with Gasteiger partial charge in [0.05, 0.1) is 27.5 Å². The van der Waals surface area contributed by atoms with Gasteiger partial charge in [0, 0.05) is 23.5 Å². The largest absolute Gasteiger partial charge is 0.482 e. The quantitative estimate of drug-likeness (QED) is 0.555. The van der Waals surface area contributed by atoms with Gasteiger partial charge in [-0.05, 0) is 50.6 Å². The van der Waals surface area contributed by atoms with E-state index < -0.39 is 0 Å². The average molecular weight is 448 g/mol. The van der Waals surface area contributed by atoms with Gasteiger partial charge in [-0.2, -0.15) is 0 Å². The molecule has 0 spiro atoms. The number of nitrogens with zero attached hydrogens (tertiary/aromatic N) is 3. The second-order valence-corrected chi connectivity index (χ2v) is 9.22. The maximum Gasteiger partial charge on any atom is 0.265 e. The Morgan fingerprint density at radius 2 is 1.66 bits per heavy atom. The molecule has 0 saturated heterocycles. The van der Waals surface area contributed by atoms with Crippen molar-refractivity contribution in [2.24, 2.45) is 0 Å². The van der Waals surface area contributed by atoms with E-state index >= 15 is 0 Å². The third kappa shape index (κ3) is 3.36. The van der Waals surface area contributed by atoms with E-state index in [-0.39, 0.29) is 30.9 Å². The minimum atomic E-state index is -0.282. The van der Waals surface area contributed by atoms with Crippen LogP contribution >= 0.6 is 11.3 Å². The van der Waals surface area contributed by atoms with Gasteiger partial charge in [0.2, 0.25) is 0 Å². The van der Waals surface area contributed by atoms with Crippen molar-refractivity contribution in [3.05, 3.63) is 63.5 Å². The lowest BCUT2D eigenvalue weighted by Crippen LogP contribution is -2.41. The van der Waals surface area contributed by atoms with E-state index in [1.54, 1.807) is 40.5 Å². The zero-order valence-electron chi connectivity index (χ0n) is 17.8. The van der Waals surface area contributed by atoms with Gasteiger partial charge < -0.3 is 9.64 Å². The number of carbonyl (C=O) groups is 3. The number of hydrogen-bond donors (Lipinski definition) is 0. The van der Waals surface area contributed by atoms with Gasteiger partial charge in [-0.3, -0.25) is 19.3 Å². The summed E-state index contributed by atoms with van der Waals surface area (Å²) in [6, 6.07) is 12.6. The fourth-order valence-corrected chi connectivity index (χ4v) is 5.06. The molecule has 5 rings (SSSR count). The van der Waals surface area contributed by atoms with Crippen LogP contribution in [0.4, 0.5) is 5.69 Å². The van der Waals surface area contributed by atoms with Gasteiger partial charge in [0.25, 0.3) is 17.7 Å². The Labute approximate surface area is 189 Å². The molecule has 0 saturated carbocycles. The van der Waals surface area contributed by atoms with Crippen LogP contribution in [-0.4, -0.2) is 47.3 Å². The van der Waals surface area contributed by atoms with Crippen molar-refractivity contribution in [2.75, 3.05) is 24.6 Å². The number of amides is 3. The maximum absolute atomic E-state index is 12.7. The number of thiazole rings is 1. The lowest BCUT2D eigenvalue weighted by molar-refractivity contribution is -0.121. The van der Waals surface area contributed by atoms with Crippen LogP contribution in [-0.2, 0) is 4.79 Å². The molecule has 0 aliphatic carbocycles. The Morgan fingerprint density at radius 3 is 2.31 bits per heavy atom. The highest BCUT2D eigenvalue weighted by atomic mass is 32.1. The van der Waals surface area contributed by atoms with Gasteiger partial charge in [0.15, 0.2) is 6.61 Å². The summed E-state index contributed by atoms with van der Waals surface area (Å²) >= 11 is 1.63. The minimum absolute atomic E-state index is 0.0335. The molecule has 0 atom stereocenters. The number of carbonyl (C=O) groups excluding carboxylic acids is 3. The molecule has 1 aromatic heterocycles. The van der Waals surface area contributed by atoms with E-state index in [4.69, 9.17) is 4.74 Å². The molecule has 0 fully saturated rings. The van der Waals surface area contributed by atoms with Crippen molar-refractivity contribution in [3.8, 4) is 17.0 Å². The molecular weight excluding hydrogens is 426 g/mol. The number of imide groups is 1. The van der Waals surface area contributed by atoms with Crippen LogP contribution in [0, 0.1) is 13.8 Å². The van der Waals surface area contributed by atoms with Crippen molar-refractivity contribution in [1.82, 2.24) is 9.88 Å². The third-order valence-electron chi connectivity index (χ3n) is 5.72. The molecule has 32 heavy (non-hydrogen) atoms. The number of benzene rings is 2. The van der Waals surface area contributed by atoms with Crippen molar-refractivity contribution in [3.63, 3.8) is 0 Å². The summed E-state index contributed by atoms with van der Waals surface area (Å²) < 4.78 is 5.62. The molecule has 0 unspecified atom stereocenters. The van der Waals surface area contributed by atoms with Crippen molar-refractivity contribution >= 4 is 34.7 Å². The number of ether oxygens (including phenoxy) is 1. The highest BCUT2D eigenvalue weighted by Gasteiger charge is 2.35. The average Bonchev–Trinajstić information content (AvgIpc) is 3.25. The van der Waals surface area contributed by atoms with E-state index in [9.17, 15) is 14.4 Å². The van der Waals surface area contributed by atoms with E-state index in [1.807, 2.05) is 32.0 Å². The number of fused-ring (bicyclic) bond motifs is 2. The van der Waals surface area contributed by atoms with Crippen LogP contribution in [0.5, 0.6) is 5.75 Å². The first-order valence-corrected chi connectivity index (χ1v) is 11.2. The smallest absolute Gasteiger partial charge is 0.265 e. The molecule has 2 aliphatic heterocycles. The predicted octanol–water partition coefficient (Wildman–Crippen LogP) is 3.84. The number of aromatic nitrogens is 1. The van der Waals surface area contributed by atoms with Crippen molar-refractivity contribution in [2.45, 2.75) is 20.3 Å². The topological polar surface area (TPSA) is 79.8 Å². The second-order valence-electron chi connectivity index (χ2n) is 7.82. The summed E-state index contributed by atoms with van der Waals surface area (Å²) in [7, 11) is 0. The summed E-state index contributed by atoms with van der Waals surface area (Å²) in [5.41, 5.74) is 3.38. The van der Waals surface area contributed by atoms with Gasteiger partial charge in [-0.1, -0.05) is 12.1 Å². The molecule has 3 heterocycles. The highest BCUT2D eigenvalue weighted by Crippen LogP contribution is 2.37. The highest BCUT2D eigenvalue weighted by molar-refractivity contribution is 7.11. The molecule has 2 aliphatic rings. The number of anilines is 1. The molecule has 3 aromatic rings. The Morgan fingerprint density at radius 1 is 0.969 bits per heavy atom. The lowest BCUT2D eigenvalue weighted by atomic mass is 10.1. The van der Waals surface area contributed by atoms with Crippen LogP contribution in [0.1, 0.15) is 37.0 Å². The summed E-state index contributed by atoms with van der Waals surface area (Å²) in [6.45, 7) is 4.59. The predicted molar refractivity (Wildman–Crippen MR) is 121 cm³/mol. The second kappa shape index (κ2) is 7.87.